The van der Waals surface area contributed by atoms with Crippen molar-refractivity contribution in [2.45, 2.75) is 53.6 Å². The fraction of sp³-hybridized carbons (Fsp3) is 0.379. The van der Waals surface area contributed by atoms with Crippen molar-refractivity contribution in [2.24, 2.45) is 4.99 Å². The highest BCUT2D eigenvalue weighted by atomic mass is 16.3. The highest BCUT2D eigenvalue weighted by Gasteiger charge is 2.27. The molecular formula is C29H38N4O3. The van der Waals surface area contributed by atoms with Crippen molar-refractivity contribution in [1.82, 2.24) is 0 Å². The second-order valence-corrected chi connectivity index (χ2v) is 9.31. The molecule has 0 heterocycles. The number of hydrogen-bond acceptors (Lipinski definition) is 7. The van der Waals surface area contributed by atoms with Crippen LogP contribution in [-0.4, -0.2) is 53.5 Å². The molecule has 36 heavy (non-hydrogen) atoms. The summed E-state index contributed by atoms with van der Waals surface area (Å²) in [7, 11) is 0. The van der Waals surface area contributed by atoms with Crippen molar-refractivity contribution < 1.29 is 15.0 Å². The molecule has 192 valence electrons. The molecule has 1 aliphatic carbocycles. The number of nitrogens with zero attached hydrogens (tertiary/aromatic N) is 3. The van der Waals surface area contributed by atoms with Gasteiger partial charge in [0.2, 0.25) is 5.78 Å². The minimum Gasteiger partial charge on any atom is -0.506 e. The summed E-state index contributed by atoms with van der Waals surface area (Å²) in [6.45, 7) is 14.1. The van der Waals surface area contributed by atoms with Crippen LogP contribution in [0.4, 0.5) is 22.7 Å². The highest BCUT2D eigenvalue weighted by Crippen LogP contribution is 2.27. The number of anilines is 3. The lowest BCUT2D eigenvalue weighted by molar-refractivity contribution is -0.111. The average Bonchev–Trinajstić information content (AvgIpc) is 2.84. The van der Waals surface area contributed by atoms with Crippen molar-refractivity contribution in [3.8, 4) is 0 Å². The van der Waals surface area contributed by atoms with E-state index >= 15 is 0 Å². The summed E-state index contributed by atoms with van der Waals surface area (Å²) >= 11 is 0. The topological polar surface area (TPSA) is 88.4 Å². The van der Waals surface area contributed by atoms with Crippen molar-refractivity contribution in [3.05, 3.63) is 71.6 Å². The average molecular weight is 491 g/mol. The lowest BCUT2D eigenvalue weighted by atomic mass is 9.97. The second kappa shape index (κ2) is 11.9. The van der Waals surface area contributed by atoms with E-state index in [9.17, 15) is 15.0 Å². The van der Waals surface area contributed by atoms with Gasteiger partial charge >= 0.3 is 0 Å². The summed E-state index contributed by atoms with van der Waals surface area (Å²) in [4.78, 5) is 21.9. The van der Waals surface area contributed by atoms with Crippen molar-refractivity contribution in [2.75, 3.05) is 34.8 Å². The van der Waals surface area contributed by atoms with Crippen molar-refractivity contribution in [1.29, 1.82) is 0 Å². The van der Waals surface area contributed by atoms with E-state index in [2.05, 4.69) is 61.7 Å². The summed E-state index contributed by atoms with van der Waals surface area (Å²) < 4.78 is 0. The van der Waals surface area contributed by atoms with Gasteiger partial charge in [0.15, 0.2) is 0 Å². The van der Waals surface area contributed by atoms with Crippen LogP contribution in [0.15, 0.2) is 76.6 Å². The van der Waals surface area contributed by atoms with Gasteiger partial charge in [-0.05, 0) is 90.1 Å². The molecule has 0 unspecified atom stereocenters. The van der Waals surface area contributed by atoms with E-state index in [4.69, 9.17) is 0 Å². The van der Waals surface area contributed by atoms with E-state index in [0.29, 0.717) is 23.5 Å². The third-order valence-corrected chi connectivity index (χ3v) is 6.32. The predicted octanol–water partition coefficient (Wildman–Crippen LogP) is 5.61. The Morgan fingerprint density at radius 2 is 1.36 bits per heavy atom. The van der Waals surface area contributed by atoms with Gasteiger partial charge in [0, 0.05) is 53.9 Å². The number of allylic oxidation sites excluding steroid dienone is 2. The Kier molecular flexibility index (Phi) is 8.93. The minimum atomic E-state index is -0.450. The Bertz CT molecular complexity index is 1150. The number of aliphatic imine (C=N–C) groups is 1. The molecule has 0 aromatic heterocycles. The first kappa shape index (κ1) is 27.0. The van der Waals surface area contributed by atoms with E-state index < -0.39 is 12.4 Å². The monoisotopic (exact) mass is 490 g/mol. The van der Waals surface area contributed by atoms with Gasteiger partial charge in [0.25, 0.3) is 0 Å². The first-order valence-electron chi connectivity index (χ1n) is 12.6. The Morgan fingerprint density at radius 1 is 0.861 bits per heavy atom. The van der Waals surface area contributed by atoms with Crippen LogP contribution in [0, 0.1) is 0 Å². The fourth-order valence-corrected chi connectivity index (χ4v) is 4.52. The molecule has 2 aromatic carbocycles. The van der Waals surface area contributed by atoms with E-state index in [1.807, 2.05) is 48.5 Å². The number of ketones is 1. The maximum absolute atomic E-state index is 12.8. The van der Waals surface area contributed by atoms with Crippen molar-refractivity contribution >= 4 is 34.2 Å². The lowest BCUT2D eigenvalue weighted by Gasteiger charge is -2.28. The van der Waals surface area contributed by atoms with E-state index in [1.165, 1.54) is 0 Å². The summed E-state index contributed by atoms with van der Waals surface area (Å²) in [5.41, 5.74) is 4.13. The van der Waals surface area contributed by atoms with Crippen LogP contribution >= 0.6 is 0 Å². The van der Waals surface area contributed by atoms with Crippen LogP contribution in [0.2, 0.25) is 0 Å². The van der Waals surface area contributed by atoms with Gasteiger partial charge in [-0.15, -0.1) is 0 Å². The molecule has 0 fully saturated rings. The van der Waals surface area contributed by atoms with Crippen LogP contribution in [0.1, 0.15) is 41.5 Å². The van der Waals surface area contributed by atoms with Crippen LogP contribution in [0.5, 0.6) is 0 Å². The zero-order chi connectivity index (χ0) is 26.4. The first-order valence-corrected chi connectivity index (χ1v) is 12.6. The third kappa shape index (κ3) is 5.97. The standard InChI is InChI=1S/C29H38N4O3/c1-7-32(19(3)4)23-13-9-21(10-14-23)30-28-25(18-34)29(27(36)17-26(28)35)31-22-11-15-24(16-12-22)33(8-2)20(5)6/h9-17,19-20,30,34,36H,7-8,18H2,1-6H3/b31-29+. The Morgan fingerprint density at radius 3 is 1.81 bits per heavy atom. The molecule has 0 saturated carbocycles. The molecule has 0 atom stereocenters. The molecule has 0 aliphatic heterocycles. The van der Waals surface area contributed by atoms with Crippen LogP contribution in [0.3, 0.4) is 0 Å². The first-order chi connectivity index (χ1) is 17.2. The number of aliphatic hydroxyl groups excluding tert-OH is 2. The predicted molar refractivity (Wildman–Crippen MR) is 150 cm³/mol. The molecule has 7 nitrogen and oxygen atoms in total. The molecular weight excluding hydrogens is 452 g/mol. The summed E-state index contributed by atoms with van der Waals surface area (Å²) in [6.07, 6.45) is 1.14. The van der Waals surface area contributed by atoms with E-state index in [1.54, 1.807) is 0 Å². The maximum atomic E-state index is 12.8. The SMILES string of the molecule is CCN(c1ccc(/N=C2/C(O)=CC(=O)C(Nc3ccc(N(CC)C(C)C)cc3)=C2CO)cc1)C(C)C. The number of carbonyl (C=O) groups is 1. The van der Waals surface area contributed by atoms with Crippen LogP contribution in [-0.2, 0) is 4.79 Å². The highest BCUT2D eigenvalue weighted by molar-refractivity contribution is 6.25. The smallest absolute Gasteiger partial charge is 0.206 e. The van der Waals surface area contributed by atoms with Gasteiger partial charge in [0.05, 0.1) is 18.0 Å². The summed E-state index contributed by atoms with van der Waals surface area (Å²) in [5.74, 6) is -0.676. The Balaban J connectivity index is 1.92. The molecule has 1 aliphatic rings. The zero-order valence-corrected chi connectivity index (χ0v) is 22.1. The maximum Gasteiger partial charge on any atom is 0.206 e. The number of aliphatic hydroxyl groups is 2. The molecule has 0 bridgehead atoms. The fourth-order valence-electron chi connectivity index (χ4n) is 4.52. The van der Waals surface area contributed by atoms with E-state index in [0.717, 1.165) is 30.5 Å². The minimum absolute atomic E-state index is 0.178. The van der Waals surface area contributed by atoms with Gasteiger partial charge in [-0.2, -0.15) is 0 Å². The van der Waals surface area contributed by atoms with Gasteiger partial charge in [0.1, 0.15) is 11.5 Å². The molecule has 3 N–H and O–H groups in total. The number of benzene rings is 2. The van der Waals surface area contributed by atoms with Gasteiger partial charge in [-0.3, -0.25) is 4.79 Å². The lowest BCUT2D eigenvalue weighted by Crippen LogP contribution is -2.30. The largest absolute Gasteiger partial charge is 0.506 e. The third-order valence-electron chi connectivity index (χ3n) is 6.32. The van der Waals surface area contributed by atoms with Gasteiger partial charge in [-0.25, -0.2) is 4.99 Å². The molecule has 0 saturated heterocycles. The van der Waals surface area contributed by atoms with E-state index in [-0.39, 0.29) is 22.7 Å². The Labute approximate surface area is 214 Å². The molecule has 2 aromatic rings. The molecule has 3 rings (SSSR count). The van der Waals surface area contributed by atoms with Crippen LogP contribution in [0.25, 0.3) is 0 Å². The Hall–Kier alpha value is -3.58. The molecule has 7 heteroatoms. The van der Waals surface area contributed by atoms with Crippen molar-refractivity contribution in [3.63, 3.8) is 0 Å². The summed E-state index contributed by atoms with van der Waals surface area (Å²) in [6, 6.07) is 16.2. The number of nitrogens with one attached hydrogen (secondary N) is 1. The van der Waals surface area contributed by atoms with Crippen LogP contribution < -0.4 is 15.1 Å². The summed E-state index contributed by atoms with van der Waals surface area (Å²) in [5, 5.41) is 23.8. The normalized spacial score (nSPS) is 15.1. The number of carbonyl (C=O) groups excluding carboxylic acids is 1. The molecule has 0 spiro atoms. The zero-order valence-electron chi connectivity index (χ0n) is 22.1. The number of rotatable bonds is 10. The number of hydrogen-bond donors (Lipinski definition) is 3. The van der Waals surface area contributed by atoms with Gasteiger partial charge in [-0.1, -0.05) is 0 Å². The quantitative estimate of drug-likeness (QED) is 0.375. The van der Waals surface area contributed by atoms with Gasteiger partial charge < -0.3 is 25.3 Å². The second-order valence-electron chi connectivity index (χ2n) is 9.31. The molecule has 0 radical (unpaired) electrons. The molecule has 0 amide bonds.